The lowest BCUT2D eigenvalue weighted by atomic mass is 9.95. The summed E-state index contributed by atoms with van der Waals surface area (Å²) < 4.78 is 37.0. The van der Waals surface area contributed by atoms with Gasteiger partial charge in [-0.15, -0.1) is 0 Å². The molecule has 2 aromatic carbocycles. The third-order valence-electron chi connectivity index (χ3n) is 8.90. The minimum Gasteiger partial charge on any atom is -0.508 e. The lowest BCUT2D eigenvalue weighted by Crippen LogP contribution is -2.43. The van der Waals surface area contributed by atoms with Crippen molar-refractivity contribution in [1.82, 2.24) is 19.9 Å². The molecule has 0 saturated carbocycles. The first-order chi connectivity index (χ1) is 19.5. The number of phenolic OH excluding ortho intramolecular Hbond substituents is 1. The quantitative estimate of drug-likeness (QED) is 0.363. The minimum atomic E-state index is -0.880. The number of anilines is 1. The molecule has 5 heterocycles. The van der Waals surface area contributed by atoms with Crippen LogP contribution in [-0.4, -0.2) is 75.5 Å². The number of hydrogen-bond donors (Lipinski definition) is 2. The molecule has 0 amide bonds. The van der Waals surface area contributed by atoms with Crippen LogP contribution in [0.25, 0.3) is 32.9 Å². The van der Waals surface area contributed by atoms with Crippen LogP contribution < -0.4 is 15.4 Å². The number of nitrogens with two attached hydrogens (primary N) is 1. The van der Waals surface area contributed by atoms with Crippen molar-refractivity contribution in [3.8, 4) is 23.0 Å². The molecule has 0 aliphatic carbocycles. The molecular formula is C30H32F2N6O2. The molecule has 2 aromatic heterocycles. The maximum atomic E-state index is 16.5. The average Bonchev–Trinajstić information content (AvgIpc) is 3.65. The van der Waals surface area contributed by atoms with Crippen LogP contribution in [0.1, 0.15) is 32.1 Å². The number of alkyl halides is 1. The van der Waals surface area contributed by atoms with Crippen LogP contribution in [0.4, 0.5) is 14.6 Å². The number of aromatic nitrogens is 3. The van der Waals surface area contributed by atoms with Gasteiger partial charge >= 0.3 is 6.01 Å². The van der Waals surface area contributed by atoms with Gasteiger partial charge in [-0.2, -0.15) is 9.97 Å². The standard InChI is InChI=1S/C30H32F2N6O2/c31-19-13-30(8-4-9-37(30)16-19)17-40-29-35-27-24(28(36-29)38-10-3-6-20(38)14-33)15-34-26(25(27)32)23-12-21(39)11-18-5-1-2-7-22(18)23/h1-2,5,7,11-12,15,19-20,39H,3-4,6,8-10,13-14,16-17,33H2/t19-,20+,30+/m1/s1. The molecule has 208 valence electrons. The van der Waals surface area contributed by atoms with Crippen LogP contribution in [0.3, 0.4) is 0 Å². The first-order valence-corrected chi connectivity index (χ1v) is 14.0. The Balaban J connectivity index is 1.35. The molecule has 3 N–H and O–H groups in total. The van der Waals surface area contributed by atoms with Crippen molar-refractivity contribution in [2.45, 2.75) is 49.9 Å². The summed E-state index contributed by atoms with van der Waals surface area (Å²) in [5.74, 6) is -0.0498. The molecule has 40 heavy (non-hydrogen) atoms. The fourth-order valence-corrected chi connectivity index (χ4v) is 6.99. The van der Waals surface area contributed by atoms with E-state index in [1.165, 1.54) is 6.07 Å². The zero-order chi connectivity index (χ0) is 27.4. The van der Waals surface area contributed by atoms with Crippen molar-refractivity contribution in [2.24, 2.45) is 5.73 Å². The number of ether oxygens (including phenoxy) is 1. The molecule has 3 aliphatic heterocycles. The predicted molar refractivity (Wildman–Crippen MR) is 150 cm³/mol. The summed E-state index contributed by atoms with van der Waals surface area (Å²) in [6.07, 6.45) is 4.84. The molecule has 10 heteroatoms. The van der Waals surface area contributed by atoms with Gasteiger partial charge in [-0.3, -0.25) is 9.88 Å². The zero-order valence-electron chi connectivity index (χ0n) is 22.2. The number of fused-ring (bicyclic) bond motifs is 3. The van der Waals surface area contributed by atoms with Crippen LogP contribution in [0.2, 0.25) is 0 Å². The highest BCUT2D eigenvalue weighted by Gasteiger charge is 2.49. The second-order valence-corrected chi connectivity index (χ2v) is 11.3. The number of rotatable bonds is 6. The van der Waals surface area contributed by atoms with E-state index >= 15 is 4.39 Å². The molecule has 4 aromatic rings. The van der Waals surface area contributed by atoms with Gasteiger partial charge in [0.05, 0.1) is 10.9 Å². The molecule has 0 spiro atoms. The van der Waals surface area contributed by atoms with Gasteiger partial charge in [0.1, 0.15) is 35.6 Å². The summed E-state index contributed by atoms with van der Waals surface area (Å²) in [4.78, 5) is 18.1. The number of hydrogen-bond acceptors (Lipinski definition) is 8. The average molecular weight is 547 g/mol. The van der Waals surface area contributed by atoms with Gasteiger partial charge in [-0.25, -0.2) is 8.78 Å². The van der Waals surface area contributed by atoms with Crippen molar-refractivity contribution in [3.05, 3.63) is 48.4 Å². The Morgan fingerprint density at radius 2 is 2.00 bits per heavy atom. The summed E-state index contributed by atoms with van der Waals surface area (Å²) in [7, 11) is 0. The van der Waals surface area contributed by atoms with Crippen LogP contribution in [0, 0.1) is 5.82 Å². The number of pyridine rings is 1. The topological polar surface area (TPSA) is 101 Å². The molecule has 3 aliphatic rings. The second-order valence-electron chi connectivity index (χ2n) is 11.3. The first kappa shape index (κ1) is 25.3. The lowest BCUT2D eigenvalue weighted by molar-refractivity contribution is 0.107. The number of halogens is 2. The summed E-state index contributed by atoms with van der Waals surface area (Å²) >= 11 is 0. The summed E-state index contributed by atoms with van der Waals surface area (Å²) in [6, 6.07) is 10.7. The lowest BCUT2D eigenvalue weighted by Gasteiger charge is -2.31. The maximum Gasteiger partial charge on any atom is 0.319 e. The molecule has 3 atom stereocenters. The Morgan fingerprint density at radius 1 is 1.12 bits per heavy atom. The number of nitrogens with zero attached hydrogens (tertiary/aromatic N) is 5. The number of aromatic hydroxyl groups is 1. The molecule has 3 saturated heterocycles. The Labute approximate surface area is 230 Å². The maximum absolute atomic E-state index is 16.5. The molecule has 8 nitrogen and oxygen atoms in total. The van der Waals surface area contributed by atoms with E-state index in [9.17, 15) is 9.50 Å². The van der Waals surface area contributed by atoms with Gasteiger partial charge in [0.25, 0.3) is 0 Å². The monoisotopic (exact) mass is 546 g/mol. The van der Waals surface area contributed by atoms with Gasteiger partial charge in [-0.05, 0) is 55.1 Å². The van der Waals surface area contributed by atoms with Crippen molar-refractivity contribution in [3.63, 3.8) is 0 Å². The van der Waals surface area contributed by atoms with Crippen LogP contribution in [-0.2, 0) is 0 Å². The summed E-state index contributed by atoms with van der Waals surface area (Å²) in [6.45, 7) is 2.69. The molecule has 0 unspecified atom stereocenters. The van der Waals surface area contributed by atoms with Gasteiger partial charge in [-0.1, -0.05) is 24.3 Å². The molecule has 7 rings (SSSR count). The Hall–Kier alpha value is -3.63. The third kappa shape index (κ3) is 4.12. The van der Waals surface area contributed by atoms with Crippen molar-refractivity contribution in [1.29, 1.82) is 0 Å². The van der Waals surface area contributed by atoms with Crippen LogP contribution in [0.5, 0.6) is 11.8 Å². The van der Waals surface area contributed by atoms with Crippen LogP contribution in [0.15, 0.2) is 42.6 Å². The number of benzene rings is 2. The zero-order valence-corrected chi connectivity index (χ0v) is 22.2. The minimum absolute atomic E-state index is 0.0216. The van der Waals surface area contributed by atoms with E-state index in [2.05, 4.69) is 19.8 Å². The van der Waals surface area contributed by atoms with Gasteiger partial charge in [0.2, 0.25) is 0 Å². The Morgan fingerprint density at radius 3 is 2.88 bits per heavy atom. The van der Waals surface area contributed by atoms with E-state index in [1.807, 2.05) is 24.3 Å². The summed E-state index contributed by atoms with van der Waals surface area (Å²) in [5, 5.41) is 12.4. The Bertz CT molecular complexity index is 1600. The van der Waals surface area contributed by atoms with Gasteiger partial charge in [0.15, 0.2) is 5.82 Å². The van der Waals surface area contributed by atoms with E-state index in [1.54, 1.807) is 12.3 Å². The molecule has 0 radical (unpaired) electrons. The van der Waals surface area contributed by atoms with Gasteiger partial charge < -0.3 is 20.5 Å². The van der Waals surface area contributed by atoms with E-state index < -0.39 is 12.0 Å². The smallest absolute Gasteiger partial charge is 0.319 e. The Kier molecular flexibility index (Phi) is 6.20. The summed E-state index contributed by atoms with van der Waals surface area (Å²) in [5.41, 5.74) is 6.35. The second kappa shape index (κ2) is 9.78. The van der Waals surface area contributed by atoms with Crippen molar-refractivity contribution >= 4 is 27.5 Å². The largest absolute Gasteiger partial charge is 0.508 e. The SMILES string of the molecule is NC[C@@H]1CCCN1c1nc(OC[C@@]23CCCN2C[C@H](F)C3)nc2c(F)c(-c3cc(O)cc4ccccc34)ncc12. The predicted octanol–water partition coefficient (Wildman–Crippen LogP) is 4.57. The van der Waals surface area contributed by atoms with E-state index in [0.717, 1.165) is 49.5 Å². The first-order valence-electron chi connectivity index (χ1n) is 14.0. The third-order valence-corrected chi connectivity index (χ3v) is 8.90. The van der Waals surface area contributed by atoms with Crippen LogP contribution >= 0.6 is 0 Å². The fraction of sp³-hybridized carbons (Fsp3) is 0.433. The van der Waals surface area contributed by atoms with E-state index in [4.69, 9.17) is 15.5 Å². The highest BCUT2D eigenvalue weighted by molar-refractivity contribution is 5.99. The molecule has 3 fully saturated rings. The fourth-order valence-electron chi connectivity index (χ4n) is 6.99. The highest BCUT2D eigenvalue weighted by Crippen LogP contribution is 2.41. The highest BCUT2D eigenvalue weighted by atomic mass is 19.1. The van der Waals surface area contributed by atoms with E-state index in [0.29, 0.717) is 36.3 Å². The van der Waals surface area contributed by atoms with Crippen molar-refractivity contribution < 1.29 is 18.6 Å². The number of phenols is 1. The normalized spacial score (nSPS) is 24.8. The van der Waals surface area contributed by atoms with Crippen molar-refractivity contribution in [2.75, 3.05) is 37.7 Å². The molecule has 0 bridgehead atoms. The van der Waals surface area contributed by atoms with Gasteiger partial charge in [0, 0.05) is 43.9 Å². The molecular weight excluding hydrogens is 514 g/mol. The van der Waals surface area contributed by atoms with E-state index in [-0.39, 0.29) is 41.2 Å².